The van der Waals surface area contributed by atoms with Crippen LogP contribution in [0.5, 0.6) is 11.5 Å². The Bertz CT molecular complexity index is 978. The summed E-state index contributed by atoms with van der Waals surface area (Å²) in [6.45, 7) is 3.76. The lowest BCUT2D eigenvalue weighted by molar-refractivity contribution is 0.0824. The molecule has 6 nitrogen and oxygen atoms in total. The molecule has 0 radical (unpaired) electrons. The number of nitrogens with one attached hydrogen (secondary N) is 2. The van der Waals surface area contributed by atoms with E-state index in [0.717, 1.165) is 67.3 Å². The normalized spacial score (nSPS) is 24.4. The summed E-state index contributed by atoms with van der Waals surface area (Å²) in [4.78, 5) is 15.7. The predicted molar refractivity (Wildman–Crippen MR) is 126 cm³/mol. The smallest absolute Gasteiger partial charge is 0.253 e. The third-order valence-electron chi connectivity index (χ3n) is 7.41. The number of fused-ring (bicyclic) bond motifs is 3. The molecule has 2 heterocycles. The number of anilines is 1. The van der Waals surface area contributed by atoms with E-state index in [1.54, 1.807) is 14.2 Å². The lowest BCUT2D eigenvalue weighted by Gasteiger charge is -2.38. The van der Waals surface area contributed by atoms with Crippen molar-refractivity contribution in [2.45, 2.75) is 38.3 Å². The summed E-state index contributed by atoms with van der Waals surface area (Å²) >= 11 is 0. The van der Waals surface area contributed by atoms with Gasteiger partial charge in [-0.2, -0.15) is 0 Å². The molecule has 1 saturated heterocycles. The Kier molecular flexibility index (Phi) is 5.96. The summed E-state index contributed by atoms with van der Waals surface area (Å²) in [5.41, 5.74) is 4.24. The van der Waals surface area contributed by atoms with Gasteiger partial charge in [0.1, 0.15) is 11.5 Å². The van der Waals surface area contributed by atoms with Crippen molar-refractivity contribution in [2.75, 3.05) is 39.2 Å². The lowest BCUT2D eigenvalue weighted by Crippen LogP contribution is -2.52. The molecule has 2 N–H and O–H groups in total. The number of rotatable bonds is 6. The SMILES string of the molecule is COc1ccc(OC)c(CN2C[C@H]3CC[C@@H](C2)C3NC(=O)c2cccc3c2NCCC3)c1. The number of likely N-dealkylation sites (tertiary alicyclic amines) is 1. The first-order valence-electron chi connectivity index (χ1n) is 11.8. The topological polar surface area (TPSA) is 62.8 Å². The Labute approximate surface area is 190 Å². The summed E-state index contributed by atoms with van der Waals surface area (Å²) in [6, 6.07) is 12.3. The van der Waals surface area contributed by atoms with Crippen molar-refractivity contribution < 1.29 is 14.3 Å². The van der Waals surface area contributed by atoms with E-state index in [1.807, 2.05) is 24.3 Å². The maximum Gasteiger partial charge on any atom is 0.253 e. The molecule has 2 aromatic rings. The van der Waals surface area contributed by atoms with Crippen molar-refractivity contribution in [2.24, 2.45) is 11.8 Å². The van der Waals surface area contributed by atoms with Gasteiger partial charge in [-0.1, -0.05) is 12.1 Å². The summed E-state index contributed by atoms with van der Waals surface area (Å²) in [5, 5.41) is 6.87. The monoisotopic (exact) mass is 435 g/mol. The maximum atomic E-state index is 13.2. The second-order valence-corrected chi connectivity index (χ2v) is 9.34. The number of para-hydroxylation sites is 1. The third-order valence-corrected chi connectivity index (χ3v) is 7.41. The molecule has 6 heteroatoms. The van der Waals surface area contributed by atoms with E-state index < -0.39 is 0 Å². The van der Waals surface area contributed by atoms with Gasteiger partial charge >= 0.3 is 0 Å². The molecule has 3 atom stereocenters. The summed E-state index contributed by atoms with van der Waals surface area (Å²) in [5.74, 6) is 2.80. The van der Waals surface area contributed by atoms with Gasteiger partial charge in [-0.05, 0) is 67.3 Å². The van der Waals surface area contributed by atoms with Gasteiger partial charge in [-0.15, -0.1) is 0 Å². The summed E-state index contributed by atoms with van der Waals surface area (Å²) in [6.07, 6.45) is 4.51. The van der Waals surface area contributed by atoms with Gasteiger partial charge in [-0.3, -0.25) is 9.69 Å². The minimum Gasteiger partial charge on any atom is -0.497 e. The molecule has 1 aliphatic carbocycles. The molecule has 2 bridgehead atoms. The molecular weight excluding hydrogens is 402 g/mol. The molecule has 0 aromatic heterocycles. The largest absolute Gasteiger partial charge is 0.497 e. The number of methoxy groups -OCH3 is 2. The van der Waals surface area contributed by atoms with Gasteiger partial charge in [0.25, 0.3) is 5.91 Å². The zero-order valence-corrected chi connectivity index (χ0v) is 19.0. The Morgan fingerprint density at radius 2 is 1.94 bits per heavy atom. The minimum absolute atomic E-state index is 0.0704. The second kappa shape index (κ2) is 9.02. The van der Waals surface area contributed by atoms with Crippen LogP contribution in [-0.2, 0) is 13.0 Å². The van der Waals surface area contributed by atoms with E-state index in [1.165, 1.54) is 18.4 Å². The highest BCUT2D eigenvalue weighted by Crippen LogP contribution is 2.39. The van der Waals surface area contributed by atoms with Gasteiger partial charge in [0.15, 0.2) is 0 Å². The molecule has 1 amide bonds. The Morgan fingerprint density at radius 3 is 2.69 bits per heavy atom. The molecule has 32 heavy (non-hydrogen) atoms. The number of piperidine rings is 1. The van der Waals surface area contributed by atoms with E-state index in [-0.39, 0.29) is 11.9 Å². The van der Waals surface area contributed by atoms with Crippen LogP contribution in [0.2, 0.25) is 0 Å². The summed E-state index contributed by atoms with van der Waals surface area (Å²) in [7, 11) is 3.41. The zero-order chi connectivity index (χ0) is 22.1. The number of hydrogen-bond donors (Lipinski definition) is 2. The van der Waals surface area contributed by atoms with Crippen LogP contribution in [0, 0.1) is 11.8 Å². The van der Waals surface area contributed by atoms with Crippen LogP contribution in [0.3, 0.4) is 0 Å². The number of hydrogen-bond acceptors (Lipinski definition) is 5. The van der Waals surface area contributed by atoms with Crippen molar-refractivity contribution in [3.63, 3.8) is 0 Å². The molecule has 2 aliphatic heterocycles. The highest BCUT2D eigenvalue weighted by Gasteiger charge is 2.43. The maximum absolute atomic E-state index is 13.2. The molecule has 5 rings (SSSR count). The van der Waals surface area contributed by atoms with Crippen molar-refractivity contribution in [3.8, 4) is 11.5 Å². The quantitative estimate of drug-likeness (QED) is 0.725. The number of benzene rings is 2. The van der Waals surface area contributed by atoms with Gasteiger partial charge in [0, 0.05) is 37.8 Å². The standard InChI is InChI=1S/C26H33N3O3/c1-31-21-10-11-23(32-2)20(13-21)16-29-14-18-8-9-19(15-29)24(18)28-26(30)22-7-3-5-17-6-4-12-27-25(17)22/h3,5,7,10-11,13,18-19,24,27H,4,6,8-9,12,14-16H2,1-2H3,(H,28,30)/t18-,19+,24?. The molecule has 3 aliphatic rings. The molecule has 170 valence electrons. The van der Waals surface area contributed by atoms with Crippen LogP contribution in [0.1, 0.15) is 40.7 Å². The molecule has 2 fully saturated rings. The van der Waals surface area contributed by atoms with Gasteiger partial charge in [0.05, 0.1) is 25.5 Å². The predicted octanol–water partition coefficient (Wildman–Crippen LogP) is 3.70. The first-order valence-corrected chi connectivity index (χ1v) is 11.8. The van der Waals surface area contributed by atoms with Crippen molar-refractivity contribution in [1.82, 2.24) is 10.2 Å². The number of ether oxygens (including phenoxy) is 2. The lowest BCUT2D eigenvalue weighted by atomic mass is 9.91. The molecular formula is C26H33N3O3. The van der Waals surface area contributed by atoms with Gasteiger partial charge < -0.3 is 20.1 Å². The highest BCUT2D eigenvalue weighted by atomic mass is 16.5. The van der Waals surface area contributed by atoms with E-state index in [0.29, 0.717) is 11.8 Å². The van der Waals surface area contributed by atoms with Crippen LogP contribution in [0.15, 0.2) is 36.4 Å². The Hall–Kier alpha value is -2.73. The Morgan fingerprint density at radius 1 is 1.12 bits per heavy atom. The number of aryl methyl sites for hydroxylation is 1. The first kappa shape index (κ1) is 21.1. The molecule has 1 saturated carbocycles. The number of nitrogens with zero attached hydrogens (tertiary/aromatic N) is 1. The molecule has 1 unspecified atom stereocenters. The van der Waals surface area contributed by atoms with E-state index in [4.69, 9.17) is 9.47 Å². The molecule has 0 spiro atoms. The Balaban J connectivity index is 1.27. The summed E-state index contributed by atoms with van der Waals surface area (Å²) < 4.78 is 11.0. The van der Waals surface area contributed by atoms with Crippen molar-refractivity contribution in [3.05, 3.63) is 53.1 Å². The van der Waals surface area contributed by atoms with E-state index in [9.17, 15) is 4.79 Å². The number of carbonyl (C=O) groups excluding carboxylic acids is 1. The minimum atomic E-state index is 0.0704. The van der Waals surface area contributed by atoms with Crippen LogP contribution in [0.25, 0.3) is 0 Å². The van der Waals surface area contributed by atoms with Crippen LogP contribution >= 0.6 is 0 Å². The zero-order valence-electron chi connectivity index (χ0n) is 19.0. The average molecular weight is 436 g/mol. The average Bonchev–Trinajstić information content (AvgIpc) is 3.05. The van der Waals surface area contributed by atoms with Gasteiger partial charge in [-0.25, -0.2) is 0 Å². The van der Waals surface area contributed by atoms with Crippen LogP contribution in [-0.4, -0.2) is 50.7 Å². The number of carbonyl (C=O) groups is 1. The van der Waals surface area contributed by atoms with Gasteiger partial charge in [0.2, 0.25) is 0 Å². The van der Waals surface area contributed by atoms with Crippen LogP contribution in [0.4, 0.5) is 5.69 Å². The fourth-order valence-corrected chi connectivity index (χ4v) is 5.86. The fraction of sp³-hybridized carbons (Fsp3) is 0.500. The fourth-order valence-electron chi connectivity index (χ4n) is 5.86. The van der Waals surface area contributed by atoms with Crippen molar-refractivity contribution in [1.29, 1.82) is 0 Å². The van der Waals surface area contributed by atoms with E-state index >= 15 is 0 Å². The third kappa shape index (κ3) is 4.04. The highest BCUT2D eigenvalue weighted by molar-refractivity contribution is 6.00. The number of amides is 1. The van der Waals surface area contributed by atoms with Crippen LogP contribution < -0.4 is 20.1 Å². The first-order chi connectivity index (χ1) is 15.7. The molecule has 2 aromatic carbocycles. The second-order valence-electron chi connectivity index (χ2n) is 9.34. The van der Waals surface area contributed by atoms with E-state index in [2.05, 4.69) is 27.7 Å². The van der Waals surface area contributed by atoms with Crippen molar-refractivity contribution >= 4 is 11.6 Å².